The highest BCUT2D eigenvalue weighted by Gasteiger charge is 2.48. The molecule has 2 aromatic rings. The number of ether oxygens (including phenoxy) is 1. The van der Waals surface area contributed by atoms with Crippen LogP contribution < -0.4 is 10.5 Å². The van der Waals surface area contributed by atoms with Gasteiger partial charge in [0.25, 0.3) is 0 Å². The number of carbonyl (C=O) groups is 3. The van der Waals surface area contributed by atoms with Crippen LogP contribution in [0.2, 0.25) is 0 Å². The predicted molar refractivity (Wildman–Crippen MR) is 102 cm³/mol. The lowest BCUT2D eigenvalue weighted by molar-refractivity contribution is -0.140. The molecule has 0 radical (unpaired) electrons. The van der Waals surface area contributed by atoms with Crippen LogP contribution in [0.5, 0.6) is 17.2 Å². The molecule has 9 heteroatoms. The number of aliphatic hydroxyl groups is 2. The molecule has 2 aliphatic carbocycles. The van der Waals surface area contributed by atoms with Gasteiger partial charge in [-0.25, -0.2) is 0 Å². The molecule has 0 amide bonds. The van der Waals surface area contributed by atoms with Crippen LogP contribution in [0, 0.1) is 0 Å². The van der Waals surface area contributed by atoms with Gasteiger partial charge in [-0.2, -0.15) is 0 Å². The average molecular weight is 413 g/mol. The number of rotatable bonds is 3. The minimum atomic E-state index is -2.08. The number of aromatic hydroxyl groups is 2. The Kier molecular flexibility index (Phi) is 4.42. The van der Waals surface area contributed by atoms with Crippen molar-refractivity contribution in [1.82, 2.24) is 0 Å². The molecule has 0 spiro atoms. The van der Waals surface area contributed by atoms with Crippen molar-refractivity contribution in [3.8, 4) is 17.2 Å². The van der Waals surface area contributed by atoms with E-state index in [2.05, 4.69) is 0 Å². The number of nitrogens with two attached hydrogens (primary N) is 1. The van der Waals surface area contributed by atoms with Crippen LogP contribution in [0.4, 0.5) is 0 Å². The molecule has 0 saturated carbocycles. The fourth-order valence-corrected chi connectivity index (χ4v) is 4.35. The monoisotopic (exact) mass is 413 g/mol. The summed E-state index contributed by atoms with van der Waals surface area (Å²) in [4.78, 5) is 38.4. The number of benzene rings is 2. The molecule has 0 aliphatic heterocycles. The third kappa shape index (κ3) is 2.49. The molecule has 0 fully saturated rings. The topological polar surface area (TPSA) is 167 Å². The van der Waals surface area contributed by atoms with Gasteiger partial charge in [0, 0.05) is 29.5 Å². The number of hydrogen-bond donors (Lipinski definition) is 5. The van der Waals surface area contributed by atoms with Crippen molar-refractivity contribution in [2.24, 2.45) is 5.73 Å². The minimum Gasteiger partial charge on any atom is -0.507 e. The summed E-state index contributed by atoms with van der Waals surface area (Å²) in [6, 6.07) is 4.38. The Morgan fingerprint density at radius 3 is 2.47 bits per heavy atom. The molecule has 2 aromatic carbocycles. The Morgan fingerprint density at radius 2 is 1.83 bits per heavy atom. The second-order valence-corrected chi connectivity index (χ2v) is 7.44. The Hall–Kier alpha value is -3.27. The van der Waals surface area contributed by atoms with E-state index in [1.807, 2.05) is 0 Å². The molecule has 156 valence electrons. The maximum absolute atomic E-state index is 13.2. The van der Waals surface area contributed by atoms with Gasteiger partial charge in [-0.1, -0.05) is 12.1 Å². The van der Waals surface area contributed by atoms with Crippen LogP contribution in [0.25, 0.3) is 0 Å². The van der Waals surface area contributed by atoms with Crippen LogP contribution >= 0.6 is 0 Å². The Labute approximate surface area is 170 Å². The van der Waals surface area contributed by atoms with Crippen molar-refractivity contribution in [1.29, 1.82) is 0 Å². The maximum atomic E-state index is 13.2. The number of carbonyl (C=O) groups excluding carboxylic acids is 3. The molecule has 0 aromatic heterocycles. The lowest BCUT2D eigenvalue weighted by Crippen LogP contribution is -2.48. The Bertz CT molecular complexity index is 1140. The molecule has 2 atom stereocenters. The first-order valence-electron chi connectivity index (χ1n) is 9.17. The second kappa shape index (κ2) is 6.63. The summed E-state index contributed by atoms with van der Waals surface area (Å²) in [5.41, 5.74) is 1.88. The SMILES string of the molecule is COc1cccc2c1C(=O)c1c(O)c3c(c(O)c1C2=O)C[C@@](O)(C(=O)CN)CC3O. The van der Waals surface area contributed by atoms with E-state index in [4.69, 9.17) is 10.5 Å². The number of ketones is 3. The van der Waals surface area contributed by atoms with Crippen LogP contribution in [-0.2, 0) is 11.2 Å². The molecular weight excluding hydrogens is 394 g/mol. The molecule has 2 aliphatic rings. The lowest BCUT2D eigenvalue weighted by atomic mass is 9.72. The number of hydrogen-bond acceptors (Lipinski definition) is 9. The van der Waals surface area contributed by atoms with Gasteiger partial charge < -0.3 is 30.9 Å². The third-order valence-corrected chi connectivity index (χ3v) is 5.80. The number of phenols is 2. The molecule has 9 nitrogen and oxygen atoms in total. The van der Waals surface area contributed by atoms with Gasteiger partial charge in [0.2, 0.25) is 5.78 Å². The summed E-state index contributed by atoms with van der Waals surface area (Å²) in [5, 5.41) is 42.9. The van der Waals surface area contributed by atoms with Crippen molar-refractivity contribution in [3.05, 3.63) is 51.6 Å². The molecule has 6 N–H and O–H groups in total. The first kappa shape index (κ1) is 20.0. The summed E-state index contributed by atoms with van der Waals surface area (Å²) >= 11 is 0. The summed E-state index contributed by atoms with van der Waals surface area (Å²) in [6.07, 6.45) is -2.54. The van der Waals surface area contributed by atoms with Crippen molar-refractivity contribution < 1.29 is 39.5 Å². The van der Waals surface area contributed by atoms with E-state index in [1.54, 1.807) is 0 Å². The van der Waals surface area contributed by atoms with E-state index in [1.165, 1.54) is 25.3 Å². The van der Waals surface area contributed by atoms with E-state index in [0.717, 1.165) is 0 Å². The van der Waals surface area contributed by atoms with Crippen LogP contribution in [0.15, 0.2) is 18.2 Å². The van der Waals surface area contributed by atoms with Gasteiger partial charge in [0.05, 0.1) is 36.4 Å². The zero-order valence-electron chi connectivity index (χ0n) is 15.9. The summed E-state index contributed by atoms with van der Waals surface area (Å²) in [5.74, 6) is -3.48. The number of aliphatic hydroxyl groups excluding tert-OH is 1. The van der Waals surface area contributed by atoms with E-state index in [0.29, 0.717) is 0 Å². The Morgan fingerprint density at radius 1 is 1.17 bits per heavy atom. The standard InChI is InChI=1S/C21H19NO8/c1-30-11-4-2-3-8-14(11)20(28)16-15(17(8)25)18(26)9-5-21(29,12(24)7-22)6-10(23)13(9)19(16)27/h2-4,10,23,26-27,29H,5-7,22H2,1H3/t10?,21-/m0/s1. The Balaban J connectivity index is 2.01. The zero-order chi connectivity index (χ0) is 22.0. The first-order valence-corrected chi connectivity index (χ1v) is 9.17. The van der Waals surface area contributed by atoms with Gasteiger partial charge in [-0.15, -0.1) is 0 Å². The quantitative estimate of drug-likeness (QED) is 0.375. The molecule has 4 rings (SSSR count). The predicted octanol–water partition coefficient (Wildman–Crippen LogP) is 0.120. The van der Waals surface area contributed by atoms with Gasteiger partial charge in [-0.05, 0) is 6.07 Å². The molecule has 0 saturated heterocycles. The third-order valence-electron chi connectivity index (χ3n) is 5.80. The highest BCUT2D eigenvalue weighted by atomic mass is 16.5. The number of methoxy groups -OCH3 is 1. The number of Topliss-reactive ketones (excluding diaryl/α,β-unsaturated/α-hetero) is 1. The van der Waals surface area contributed by atoms with Gasteiger partial charge in [-0.3, -0.25) is 14.4 Å². The molecule has 0 heterocycles. The van der Waals surface area contributed by atoms with Crippen molar-refractivity contribution in [2.45, 2.75) is 24.5 Å². The number of phenolic OH excluding ortho intramolecular Hbond substituents is 2. The fraction of sp³-hybridized carbons (Fsp3) is 0.286. The smallest absolute Gasteiger partial charge is 0.202 e. The lowest BCUT2D eigenvalue weighted by Gasteiger charge is -2.37. The van der Waals surface area contributed by atoms with Gasteiger partial charge in [0.1, 0.15) is 22.8 Å². The summed E-state index contributed by atoms with van der Waals surface area (Å²) < 4.78 is 5.17. The van der Waals surface area contributed by atoms with Gasteiger partial charge in [0.15, 0.2) is 11.6 Å². The summed E-state index contributed by atoms with van der Waals surface area (Å²) in [7, 11) is 1.33. The molecule has 1 unspecified atom stereocenters. The second-order valence-electron chi connectivity index (χ2n) is 7.44. The first-order chi connectivity index (χ1) is 14.2. The van der Waals surface area contributed by atoms with E-state index < -0.39 is 71.1 Å². The average Bonchev–Trinajstić information content (AvgIpc) is 2.72. The minimum absolute atomic E-state index is 0.0221. The van der Waals surface area contributed by atoms with E-state index in [-0.39, 0.29) is 28.0 Å². The van der Waals surface area contributed by atoms with Crippen LogP contribution in [-0.4, -0.2) is 57.0 Å². The number of fused-ring (bicyclic) bond motifs is 3. The highest BCUT2D eigenvalue weighted by Crippen LogP contribution is 2.50. The zero-order valence-corrected chi connectivity index (χ0v) is 15.9. The fourth-order valence-electron chi connectivity index (χ4n) is 4.35. The maximum Gasteiger partial charge on any atom is 0.202 e. The van der Waals surface area contributed by atoms with Crippen molar-refractivity contribution in [2.75, 3.05) is 13.7 Å². The van der Waals surface area contributed by atoms with Crippen molar-refractivity contribution in [3.63, 3.8) is 0 Å². The van der Waals surface area contributed by atoms with Crippen LogP contribution in [0.1, 0.15) is 55.5 Å². The summed E-state index contributed by atoms with van der Waals surface area (Å²) in [6.45, 7) is -0.499. The van der Waals surface area contributed by atoms with E-state index >= 15 is 0 Å². The van der Waals surface area contributed by atoms with Crippen molar-refractivity contribution >= 4 is 17.3 Å². The molecule has 0 bridgehead atoms. The van der Waals surface area contributed by atoms with Gasteiger partial charge >= 0.3 is 0 Å². The largest absolute Gasteiger partial charge is 0.507 e. The van der Waals surface area contributed by atoms with E-state index in [9.17, 15) is 34.8 Å². The normalized spacial score (nSPS) is 22.2. The molecule has 30 heavy (non-hydrogen) atoms. The van der Waals surface area contributed by atoms with Crippen LogP contribution in [0.3, 0.4) is 0 Å². The molecular formula is C21H19NO8. The highest BCUT2D eigenvalue weighted by molar-refractivity contribution is 6.31.